The molecule has 6 heteroatoms. The van der Waals surface area contributed by atoms with Crippen LogP contribution in [-0.2, 0) is 6.42 Å². The predicted molar refractivity (Wildman–Crippen MR) is 79.9 cm³/mol. The van der Waals surface area contributed by atoms with Gasteiger partial charge in [0.15, 0.2) is 5.82 Å². The maximum absolute atomic E-state index is 6.13. The van der Waals surface area contributed by atoms with Gasteiger partial charge in [0, 0.05) is 16.5 Å². The second kappa shape index (κ2) is 6.57. The van der Waals surface area contributed by atoms with E-state index in [1.165, 1.54) is 0 Å². The minimum atomic E-state index is -0.247. The Morgan fingerprint density at radius 2 is 1.95 bits per heavy atom. The molecule has 0 bridgehead atoms. The summed E-state index contributed by atoms with van der Waals surface area (Å²) in [4.78, 5) is 4.34. The van der Waals surface area contributed by atoms with E-state index < -0.39 is 0 Å². The average molecular weight is 314 g/mol. The molecule has 1 aromatic heterocycles. The fourth-order valence-corrected chi connectivity index (χ4v) is 2.36. The van der Waals surface area contributed by atoms with Crippen LogP contribution < -0.4 is 5.73 Å². The molecule has 0 aliphatic rings. The van der Waals surface area contributed by atoms with Crippen LogP contribution in [0.1, 0.15) is 43.6 Å². The van der Waals surface area contributed by atoms with Crippen molar-refractivity contribution in [2.45, 2.75) is 32.7 Å². The summed E-state index contributed by atoms with van der Waals surface area (Å²) < 4.78 is 5.23. The van der Waals surface area contributed by atoms with E-state index in [0.29, 0.717) is 28.2 Å². The monoisotopic (exact) mass is 313 g/mol. The molecule has 1 aromatic carbocycles. The quantitative estimate of drug-likeness (QED) is 0.905. The highest BCUT2D eigenvalue weighted by Crippen LogP contribution is 2.27. The lowest BCUT2D eigenvalue weighted by atomic mass is 10.0. The number of rotatable bonds is 5. The molecule has 0 aliphatic heterocycles. The summed E-state index contributed by atoms with van der Waals surface area (Å²) in [6, 6.07) is 5.13. The molecule has 108 valence electrons. The largest absolute Gasteiger partial charge is 0.338 e. The standard InChI is InChI=1S/C14H17Cl2N3O/c1-3-8(2)13(17)14-18-12(19-20-14)7-9-10(15)5-4-6-11(9)16/h4-6,8,13H,3,7,17H2,1-2H3/t8?,13-/m0/s1. The Labute approximate surface area is 128 Å². The van der Waals surface area contributed by atoms with Crippen LogP contribution in [0.3, 0.4) is 0 Å². The molecule has 2 aromatic rings. The van der Waals surface area contributed by atoms with Gasteiger partial charge >= 0.3 is 0 Å². The third-order valence-corrected chi connectivity index (χ3v) is 4.13. The number of hydrogen-bond donors (Lipinski definition) is 1. The van der Waals surface area contributed by atoms with Crippen molar-refractivity contribution in [3.05, 3.63) is 45.5 Å². The predicted octanol–water partition coefficient (Wildman–Crippen LogP) is 4.01. The van der Waals surface area contributed by atoms with E-state index in [9.17, 15) is 0 Å². The smallest absolute Gasteiger partial charge is 0.243 e. The lowest BCUT2D eigenvalue weighted by molar-refractivity contribution is 0.310. The molecule has 0 spiro atoms. The van der Waals surface area contributed by atoms with Gasteiger partial charge in [0.25, 0.3) is 0 Å². The van der Waals surface area contributed by atoms with Crippen molar-refractivity contribution in [2.24, 2.45) is 11.7 Å². The van der Waals surface area contributed by atoms with Crippen LogP contribution in [0.25, 0.3) is 0 Å². The molecule has 2 rings (SSSR count). The highest BCUT2D eigenvalue weighted by atomic mass is 35.5. The van der Waals surface area contributed by atoms with Crippen molar-refractivity contribution >= 4 is 23.2 Å². The Kier molecular flexibility index (Phi) is 5.02. The highest BCUT2D eigenvalue weighted by molar-refractivity contribution is 6.36. The Morgan fingerprint density at radius 1 is 1.30 bits per heavy atom. The van der Waals surface area contributed by atoms with Crippen LogP contribution in [0.4, 0.5) is 0 Å². The minimum Gasteiger partial charge on any atom is -0.338 e. The van der Waals surface area contributed by atoms with E-state index in [2.05, 4.69) is 24.0 Å². The first-order valence-electron chi connectivity index (χ1n) is 6.53. The van der Waals surface area contributed by atoms with Crippen molar-refractivity contribution < 1.29 is 4.52 Å². The van der Waals surface area contributed by atoms with Crippen LogP contribution in [0.5, 0.6) is 0 Å². The fraction of sp³-hybridized carbons (Fsp3) is 0.429. The molecular formula is C14H17Cl2N3O. The molecule has 0 saturated heterocycles. The summed E-state index contributed by atoms with van der Waals surface area (Å²) >= 11 is 12.3. The summed E-state index contributed by atoms with van der Waals surface area (Å²) in [5.74, 6) is 1.28. The number of nitrogens with zero attached hydrogens (tertiary/aromatic N) is 2. The fourth-order valence-electron chi connectivity index (χ4n) is 1.83. The average Bonchev–Trinajstić information content (AvgIpc) is 2.90. The first kappa shape index (κ1) is 15.3. The molecule has 0 saturated carbocycles. The molecule has 1 unspecified atom stereocenters. The molecule has 0 radical (unpaired) electrons. The van der Waals surface area contributed by atoms with Gasteiger partial charge in [-0.05, 0) is 23.6 Å². The molecule has 0 aliphatic carbocycles. The zero-order chi connectivity index (χ0) is 14.7. The highest BCUT2D eigenvalue weighted by Gasteiger charge is 2.20. The second-order valence-corrected chi connectivity index (χ2v) is 5.65. The van der Waals surface area contributed by atoms with Crippen molar-refractivity contribution in [1.29, 1.82) is 0 Å². The summed E-state index contributed by atoms with van der Waals surface area (Å²) in [5, 5.41) is 5.13. The summed E-state index contributed by atoms with van der Waals surface area (Å²) in [5.41, 5.74) is 6.86. The molecule has 1 heterocycles. The van der Waals surface area contributed by atoms with Gasteiger partial charge in [0.05, 0.1) is 6.04 Å². The van der Waals surface area contributed by atoms with Crippen LogP contribution in [0.15, 0.2) is 22.7 Å². The summed E-state index contributed by atoms with van der Waals surface area (Å²) in [6.07, 6.45) is 1.38. The maximum Gasteiger partial charge on any atom is 0.243 e. The molecule has 2 atom stereocenters. The van der Waals surface area contributed by atoms with E-state index in [-0.39, 0.29) is 12.0 Å². The number of benzene rings is 1. The van der Waals surface area contributed by atoms with E-state index in [1.54, 1.807) is 18.2 Å². The van der Waals surface area contributed by atoms with E-state index in [1.807, 2.05) is 0 Å². The zero-order valence-electron chi connectivity index (χ0n) is 11.4. The van der Waals surface area contributed by atoms with Gasteiger partial charge in [-0.25, -0.2) is 0 Å². The van der Waals surface area contributed by atoms with Crippen molar-refractivity contribution in [1.82, 2.24) is 10.1 Å². The molecule has 2 N–H and O–H groups in total. The summed E-state index contributed by atoms with van der Waals surface area (Å²) in [6.45, 7) is 4.13. The van der Waals surface area contributed by atoms with Crippen molar-refractivity contribution in [2.75, 3.05) is 0 Å². The zero-order valence-corrected chi connectivity index (χ0v) is 12.9. The molecule has 4 nitrogen and oxygen atoms in total. The van der Waals surface area contributed by atoms with Gasteiger partial charge in [-0.2, -0.15) is 4.98 Å². The number of hydrogen-bond acceptors (Lipinski definition) is 4. The Balaban J connectivity index is 2.18. The first-order valence-corrected chi connectivity index (χ1v) is 7.29. The minimum absolute atomic E-state index is 0.247. The Morgan fingerprint density at radius 3 is 2.55 bits per heavy atom. The number of nitrogens with two attached hydrogens (primary N) is 1. The number of aromatic nitrogens is 2. The normalized spacial score (nSPS) is 14.2. The van der Waals surface area contributed by atoms with Crippen molar-refractivity contribution in [3.8, 4) is 0 Å². The molecule has 20 heavy (non-hydrogen) atoms. The summed E-state index contributed by atoms with van der Waals surface area (Å²) in [7, 11) is 0. The molecular weight excluding hydrogens is 297 g/mol. The third kappa shape index (κ3) is 3.32. The van der Waals surface area contributed by atoms with E-state index >= 15 is 0 Å². The van der Waals surface area contributed by atoms with E-state index in [4.69, 9.17) is 33.5 Å². The molecule has 0 fully saturated rings. The number of halogens is 2. The van der Waals surface area contributed by atoms with Crippen LogP contribution in [-0.4, -0.2) is 10.1 Å². The SMILES string of the molecule is CCC(C)[C@H](N)c1nc(Cc2c(Cl)cccc2Cl)no1. The van der Waals surface area contributed by atoms with Crippen LogP contribution in [0, 0.1) is 5.92 Å². The van der Waals surface area contributed by atoms with Gasteiger partial charge in [-0.1, -0.05) is 54.7 Å². The van der Waals surface area contributed by atoms with Crippen LogP contribution in [0.2, 0.25) is 10.0 Å². The molecule has 0 amide bonds. The first-order chi connectivity index (χ1) is 9.52. The third-order valence-electron chi connectivity index (χ3n) is 3.42. The maximum atomic E-state index is 6.13. The van der Waals surface area contributed by atoms with Gasteiger partial charge in [0.2, 0.25) is 5.89 Å². The topological polar surface area (TPSA) is 64.9 Å². The second-order valence-electron chi connectivity index (χ2n) is 4.84. The Hall–Kier alpha value is -1.10. The van der Waals surface area contributed by atoms with Gasteiger partial charge < -0.3 is 10.3 Å². The van der Waals surface area contributed by atoms with Crippen LogP contribution >= 0.6 is 23.2 Å². The van der Waals surface area contributed by atoms with Gasteiger partial charge in [0.1, 0.15) is 0 Å². The van der Waals surface area contributed by atoms with Crippen molar-refractivity contribution in [3.63, 3.8) is 0 Å². The van der Waals surface area contributed by atoms with Gasteiger partial charge in [-0.15, -0.1) is 0 Å². The Bertz CT molecular complexity index is 565. The lowest BCUT2D eigenvalue weighted by Crippen LogP contribution is -2.18. The van der Waals surface area contributed by atoms with E-state index in [0.717, 1.165) is 12.0 Å². The van der Waals surface area contributed by atoms with Gasteiger partial charge in [-0.3, -0.25) is 0 Å². The lowest BCUT2D eigenvalue weighted by Gasteiger charge is -2.13.